The van der Waals surface area contributed by atoms with Crippen LogP contribution in [0.5, 0.6) is 0 Å². The van der Waals surface area contributed by atoms with Crippen molar-refractivity contribution in [2.75, 3.05) is 4.90 Å². The molecule has 0 spiro atoms. The summed E-state index contributed by atoms with van der Waals surface area (Å²) in [7, 11) is 0. The number of fused-ring (bicyclic) bond motifs is 8. The van der Waals surface area contributed by atoms with Gasteiger partial charge in [0.15, 0.2) is 0 Å². The molecule has 1 aromatic heterocycles. The number of nitrogens with zero attached hydrogens (tertiary/aromatic N) is 1. The Kier molecular flexibility index (Phi) is 6.75. The molecule has 234 valence electrons. The van der Waals surface area contributed by atoms with E-state index in [1.54, 1.807) is 0 Å². The summed E-state index contributed by atoms with van der Waals surface area (Å²) in [4.78, 5) is 2.45. The first kappa shape index (κ1) is 28.8. The lowest BCUT2D eigenvalue weighted by atomic mass is 9.93. The molecule has 50 heavy (non-hydrogen) atoms. The Balaban J connectivity index is 1.20. The molecule has 0 amide bonds. The van der Waals surface area contributed by atoms with Crippen LogP contribution in [-0.4, -0.2) is 0 Å². The van der Waals surface area contributed by atoms with E-state index in [1.165, 1.54) is 74.7 Å². The van der Waals surface area contributed by atoms with Crippen molar-refractivity contribution in [3.63, 3.8) is 0 Å². The molecule has 0 unspecified atom stereocenters. The van der Waals surface area contributed by atoms with E-state index in [2.05, 4.69) is 193 Å². The van der Waals surface area contributed by atoms with Gasteiger partial charge in [-0.3, -0.25) is 0 Å². The van der Waals surface area contributed by atoms with Crippen LogP contribution in [0, 0.1) is 0 Å². The molecule has 0 aliphatic carbocycles. The number of benzene rings is 9. The topological polar surface area (TPSA) is 3.24 Å². The van der Waals surface area contributed by atoms with Gasteiger partial charge < -0.3 is 4.90 Å². The average molecular weight is 654 g/mol. The highest BCUT2D eigenvalue weighted by atomic mass is 32.1. The fourth-order valence-electron chi connectivity index (χ4n) is 7.74. The molecule has 10 aromatic rings. The van der Waals surface area contributed by atoms with Gasteiger partial charge in [-0.2, -0.15) is 0 Å². The number of hydrogen-bond donors (Lipinski definition) is 0. The second-order valence-corrected chi connectivity index (χ2v) is 13.9. The minimum Gasteiger partial charge on any atom is -0.309 e. The van der Waals surface area contributed by atoms with Crippen LogP contribution in [0.4, 0.5) is 17.1 Å². The van der Waals surface area contributed by atoms with Crippen LogP contribution in [0.1, 0.15) is 0 Å². The molecule has 0 fully saturated rings. The Hall–Kier alpha value is -6.22. The predicted molar refractivity (Wildman–Crippen MR) is 217 cm³/mol. The van der Waals surface area contributed by atoms with Crippen LogP contribution in [-0.2, 0) is 0 Å². The van der Waals surface area contributed by atoms with Gasteiger partial charge in [-0.1, -0.05) is 152 Å². The van der Waals surface area contributed by atoms with Gasteiger partial charge in [0.1, 0.15) is 0 Å². The molecule has 0 bridgehead atoms. The lowest BCUT2D eigenvalue weighted by Gasteiger charge is -2.29. The summed E-state index contributed by atoms with van der Waals surface area (Å²) in [5, 5.41) is 10.3. The van der Waals surface area contributed by atoms with Crippen LogP contribution >= 0.6 is 11.3 Å². The lowest BCUT2D eigenvalue weighted by Crippen LogP contribution is -2.11. The molecule has 0 atom stereocenters. The number of hydrogen-bond acceptors (Lipinski definition) is 2. The standard InChI is InChI=1S/C48H31NS/c1-2-13-32(14-3-1)37-17-8-10-22-45(37)49(46-23-12-21-42-40(46)29-30-43-41-20-9-11-24-47(41)50-48(42)43)35-27-25-33(26-28-35)44-31-34-15-4-5-16-36(34)38-18-6-7-19-39(38)44/h1-31H. The zero-order valence-corrected chi connectivity index (χ0v) is 28.1. The van der Waals surface area contributed by atoms with Crippen LogP contribution in [0.25, 0.3) is 74.7 Å². The van der Waals surface area contributed by atoms with E-state index in [1.807, 2.05) is 11.3 Å². The molecule has 0 aliphatic heterocycles. The summed E-state index contributed by atoms with van der Waals surface area (Å²) in [5.74, 6) is 0. The number of thiophene rings is 1. The van der Waals surface area contributed by atoms with Crippen LogP contribution in [0.15, 0.2) is 188 Å². The van der Waals surface area contributed by atoms with Gasteiger partial charge >= 0.3 is 0 Å². The predicted octanol–water partition coefficient (Wildman–Crippen LogP) is 14.3. The third-order valence-electron chi connectivity index (χ3n) is 10.1. The number of para-hydroxylation sites is 1. The zero-order chi connectivity index (χ0) is 33.0. The van der Waals surface area contributed by atoms with E-state index in [9.17, 15) is 0 Å². The smallest absolute Gasteiger partial charge is 0.0540 e. The molecule has 9 aromatic carbocycles. The third kappa shape index (κ3) is 4.61. The maximum absolute atomic E-state index is 2.45. The SMILES string of the molecule is c1ccc(-c2ccccc2N(c2ccc(-c3cc4ccccc4c4ccccc34)cc2)c2cccc3c2ccc2c4ccccc4sc32)cc1. The van der Waals surface area contributed by atoms with E-state index in [0.29, 0.717) is 0 Å². The van der Waals surface area contributed by atoms with Crippen molar-refractivity contribution in [3.05, 3.63) is 188 Å². The average Bonchev–Trinajstić information content (AvgIpc) is 3.58. The molecule has 0 saturated carbocycles. The summed E-state index contributed by atoms with van der Waals surface area (Å²) in [6, 6.07) is 68.7. The molecule has 0 N–H and O–H groups in total. The molecule has 1 nitrogen and oxygen atoms in total. The van der Waals surface area contributed by atoms with E-state index in [0.717, 1.165) is 17.1 Å². The molecular weight excluding hydrogens is 623 g/mol. The largest absolute Gasteiger partial charge is 0.309 e. The Labute approximate surface area is 294 Å². The summed E-state index contributed by atoms with van der Waals surface area (Å²) in [6.07, 6.45) is 0. The molecule has 0 radical (unpaired) electrons. The first-order chi connectivity index (χ1) is 24.8. The summed E-state index contributed by atoms with van der Waals surface area (Å²) in [5.41, 5.74) is 8.26. The normalized spacial score (nSPS) is 11.6. The number of anilines is 3. The lowest BCUT2D eigenvalue weighted by molar-refractivity contribution is 1.30. The van der Waals surface area contributed by atoms with Crippen molar-refractivity contribution < 1.29 is 0 Å². The first-order valence-electron chi connectivity index (χ1n) is 17.1. The fourth-order valence-corrected chi connectivity index (χ4v) is 8.97. The second kappa shape index (κ2) is 11.7. The molecule has 2 heteroatoms. The van der Waals surface area contributed by atoms with Crippen molar-refractivity contribution in [3.8, 4) is 22.3 Å². The zero-order valence-electron chi connectivity index (χ0n) is 27.3. The van der Waals surface area contributed by atoms with Gasteiger partial charge in [0.25, 0.3) is 0 Å². The highest BCUT2D eigenvalue weighted by Gasteiger charge is 2.21. The highest BCUT2D eigenvalue weighted by Crippen LogP contribution is 2.47. The van der Waals surface area contributed by atoms with Gasteiger partial charge in [-0.25, -0.2) is 0 Å². The molecule has 10 rings (SSSR count). The van der Waals surface area contributed by atoms with Crippen LogP contribution < -0.4 is 4.90 Å². The quantitative estimate of drug-likeness (QED) is 0.167. The van der Waals surface area contributed by atoms with Crippen molar-refractivity contribution in [2.45, 2.75) is 0 Å². The molecule has 1 heterocycles. The fraction of sp³-hybridized carbons (Fsp3) is 0. The molecular formula is C48H31NS. The Bertz CT molecular complexity index is 2870. The number of rotatable bonds is 5. The molecule has 0 saturated heterocycles. The second-order valence-electron chi connectivity index (χ2n) is 12.9. The van der Waals surface area contributed by atoms with Gasteiger partial charge in [-0.05, 0) is 74.6 Å². The minimum atomic E-state index is 1.12. The van der Waals surface area contributed by atoms with E-state index < -0.39 is 0 Å². The monoisotopic (exact) mass is 653 g/mol. The van der Waals surface area contributed by atoms with Gasteiger partial charge in [0.2, 0.25) is 0 Å². The summed E-state index contributed by atoms with van der Waals surface area (Å²) < 4.78 is 2.66. The molecule has 0 aliphatic rings. The van der Waals surface area contributed by atoms with Crippen molar-refractivity contribution in [2.24, 2.45) is 0 Å². The van der Waals surface area contributed by atoms with Crippen LogP contribution in [0.2, 0.25) is 0 Å². The Morgan fingerprint density at radius 3 is 1.80 bits per heavy atom. The van der Waals surface area contributed by atoms with Crippen molar-refractivity contribution in [1.29, 1.82) is 0 Å². The maximum atomic E-state index is 2.45. The van der Waals surface area contributed by atoms with E-state index in [4.69, 9.17) is 0 Å². The van der Waals surface area contributed by atoms with E-state index in [-0.39, 0.29) is 0 Å². The van der Waals surface area contributed by atoms with Crippen LogP contribution in [0.3, 0.4) is 0 Å². The minimum absolute atomic E-state index is 1.12. The maximum Gasteiger partial charge on any atom is 0.0540 e. The van der Waals surface area contributed by atoms with Gasteiger partial charge in [-0.15, -0.1) is 11.3 Å². The van der Waals surface area contributed by atoms with Gasteiger partial charge in [0, 0.05) is 42.2 Å². The Morgan fingerprint density at radius 1 is 0.340 bits per heavy atom. The van der Waals surface area contributed by atoms with E-state index >= 15 is 0 Å². The van der Waals surface area contributed by atoms with Crippen molar-refractivity contribution >= 4 is 80.9 Å². The van der Waals surface area contributed by atoms with Gasteiger partial charge in [0.05, 0.1) is 11.4 Å². The summed E-state index contributed by atoms with van der Waals surface area (Å²) in [6.45, 7) is 0. The summed E-state index contributed by atoms with van der Waals surface area (Å²) >= 11 is 1.89. The first-order valence-corrected chi connectivity index (χ1v) is 17.9. The third-order valence-corrected chi connectivity index (χ3v) is 11.3. The van der Waals surface area contributed by atoms with Crippen molar-refractivity contribution in [1.82, 2.24) is 0 Å². The highest BCUT2D eigenvalue weighted by molar-refractivity contribution is 7.26. The Morgan fingerprint density at radius 2 is 0.940 bits per heavy atom.